The van der Waals surface area contributed by atoms with Crippen molar-refractivity contribution in [1.29, 1.82) is 0 Å². The van der Waals surface area contributed by atoms with Crippen LogP contribution in [0.2, 0.25) is 0 Å². The van der Waals surface area contributed by atoms with Crippen LogP contribution in [0.15, 0.2) is 24.4 Å². The molecule has 0 radical (unpaired) electrons. The van der Waals surface area contributed by atoms with E-state index in [1.807, 2.05) is 6.07 Å². The number of amides is 1. The van der Waals surface area contributed by atoms with Crippen molar-refractivity contribution >= 4 is 15.9 Å². The fourth-order valence-electron chi connectivity index (χ4n) is 1.48. The Morgan fingerprint density at radius 2 is 2.16 bits per heavy atom. The summed E-state index contributed by atoms with van der Waals surface area (Å²) in [5, 5.41) is 2.66. The number of sulfonamides is 1. The molecule has 1 amide bonds. The molecule has 0 aliphatic rings. The first-order valence-electron chi connectivity index (χ1n) is 6.05. The molecule has 0 aromatic carbocycles. The molecule has 0 saturated carbocycles. The van der Waals surface area contributed by atoms with Crippen LogP contribution in [0.25, 0.3) is 0 Å². The molecule has 0 atom stereocenters. The van der Waals surface area contributed by atoms with Crippen LogP contribution in [0.3, 0.4) is 0 Å². The van der Waals surface area contributed by atoms with Crippen molar-refractivity contribution in [3.8, 4) is 0 Å². The van der Waals surface area contributed by atoms with Gasteiger partial charge in [-0.25, -0.2) is 8.42 Å². The summed E-state index contributed by atoms with van der Waals surface area (Å²) in [6.45, 7) is 2.49. The van der Waals surface area contributed by atoms with Gasteiger partial charge in [-0.3, -0.25) is 9.78 Å². The van der Waals surface area contributed by atoms with Crippen molar-refractivity contribution in [2.45, 2.75) is 19.9 Å². The second kappa shape index (κ2) is 7.20. The second-order valence-electron chi connectivity index (χ2n) is 4.12. The largest absolute Gasteiger partial charge is 0.355 e. The zero-order valence-electron chi connectivity index (χ0n) is 11.2. The molecule has 0 spiro atoms. The third-order valence-electron chi connectivity index (χ3n) is 2.54. The van der Waals surface area contributed by atoms with Crippen molar-refractivity contribution in [2.75, 3.05) is 19.3 Å². The van der Waals surface area contributed by atoms with Gasteiger partial charge < -0.3 is 5.32 Å². The van der Waals surface area contributed by atoms with Crippen LogP contribution in [0, 0.1) is 0 Å². The number of aromatic nitrogens is 1. The summed E-state index contributed by atoms with van der Waals surface area (Å²) in [4.78, 5) is 15.2. The summed E-state index contributed by atoms with van der Waals surface area (Å²) in [5.74, 6) is -0.0914. The summed E-state index contributed by atoms with van der Waals surface area (Å²) < 4.78 is 24.6. The maximum Gasteiger partial charge on any atom is 0.219 e. The van der Waals surface area contributed by atoms with E-state index in [1.54, 1.807) is 25.3 Å². The summed E-state index contributed by atoms with van der Waals surface area (Å²) in [5.41, 5.74) is 0.676. The van der Waals surface area contributed by atoms with Crippen molar-refractivity contribution in [2.24, 2.45) is 0 Å². The van der Waals surface area contributed by atoms with Crippen LogP contribution < -0.4 is 5.32 Å². The third kappa shape index (κ3) is 5.80. The van der Waals surface area contributed by atoms with E-state index in [4.69, 9.17) is 0 Å². The SMILES string of the molecule is CCC(=O)NCCN(Cc1ccccn1)S(C)(=O)=O. The Balaban J connectivity index is 2.61. The maximum absolute atomic E-state index is 11.7. The monoisotopic (exact) mass is 285 g/mol. The second-order valence-corrected chi connectivity index (χ2v) is 6.10. The Bertz CT molecular complexity index is 502. The third-order valence-corrected chi connectivity index (χ3v) is 3.79. The first-order valence-corrected chi connectivity index (χ1v) is 7.90. The van der Waals surface area contributed by atoms with E-state index in [0.717, 1.165) is 6.26 Å². The lowest BCUT2D eigenvalue weighted by Crippen LogP contribution is -2.37. The van der Waals surface area contributed by atoms with Gasteiger partial charge in [-0.1, -0.05) is 13.0 Å². The number of carbonyl (C=O) groups is 1. The molecule has 1 N–H and O–H groups in total. The van der Waals surface area contributed by atoms with E-state index in [2.05, 4.69) is 10.3 Å². The average Bonchev–Trinajstić information content (AvgIpc) is 2.37. The lowest BCUT2D eigenvalue weighted by Gasteiger charge is -2.19. The Hall–Kier alpha value is -1.47. The fraction of sp³-hybridized carbons (Fsp3) is 0.500. The highest BCUT2D eigenvalue weighted by atomic mass is 32.2. The van der Waals surface area contributed by atoms with Gasteiger partial charge in [0.15, 0.2) is 0 Å². The van der Waals surface area contributed by atoms with E-state index >= 15 is 0 Å². The van der Waals surface area contributed by atoms with Crippen LogP contribution >= 0.6 is 0 Å². The molecule has 1 rings (SSSR count). The van der Waals surface area contributed by atoms with Crippen LogP contribution in [0.5, 0.6) is 0 Å². The fourth-order valence-corrected chi connectivity index (χ4v) is 2.27. The van der Waals surface area contributed by atoms with Gasteiger partial charge in [0.1, 0.15) is 0 Å². The van der Waals surface area contributed by atoms with E-state index in [9.17, 15) is 13.2 Å². The number of pyridine rings is 1. The molecule has 0 aliphatic carbocycles. The highest BCUT2D eigenvalue weighted by Crippen LogP contribution is 2.05. The predicted octanol–water partition coefficient (Wildman–Crippen LogP) is 0.369. The predicted molar refractivity (Wildman–Crippen MR) is 72.8 cm³/mol. The van der Waals surface area contributed by atoms with E-state index < -0.39 is 10.0 Å². The smallest absolute Gasteiger partial charge is 0.219 e. The summed E-state index contributed by atoms with van der Waals surface area (Å²) in [6.07, 6.45) is 3.16. The minimum Gasteiger partial charge on any atom is -0.355 e. The van der Waals surface area contributed by atoms with Crippen LogP contribution in [-0.2, 0) is 21.4 Å². The average molecular weight is 285 g/mol. The molecule has 1 aromatic heterocycles. The number of carbonyl (C=O) groups excluding carboxylic acids is 1. The van der Waals surface area contributed by atoms with E-state index in [-0.39, 0.29) is 19.0 Å². The van der Waals surface area contributed by atoms with Gasteiger partial charge in [-0.2, -0.15) is 4.31 Å². The molecule has 1 aromatic rings. The lowest BCUT2D eigenvalue weighted by atomic mass is 10.3. The zero-order valence-corrected chi connectivity index (χ0v) is 12.0. The molecule has 19 heavy (non-hydrogen) atoms. The molecule has 0 aliphatic heterocycles. The summed E-state index contributed by atoms with van der Waals surface area (Å²) in [6, 6.07) is 5.35. The molecule has 1 heterocycles. The number of nitrogens with zero attached hydrogens (tertiary/aromatic N) is 2. The topological polar surface area (TPSA) is 79.4 Å². The number of hydrogen-bond acceptors (Lipinski definition) is 4. The molecule has 106 valence electrons. The van der Waals surface area contributed by atoms with Gasteiger partial charge in [0, 0.05) is 25.7 Å². The first-order chi connectivity index (χ1) is 8.93. The van der Waals surface area contributed by atoms with Gasteiger partial charge >= 0.3 is 0 Å². The zero-order chi connectivity index (χ0) is 14.3. The van der Waals surface area contributed by atoms with Gasteiger partial charge in [0.2, 0.25) is 15.9 Å². The number of nitrogens with one attached hydrogen (secondary N) is 1. The Labute approximate surface area is 113 Å². The number of hydrogen-bond donors (Lipinski definition) is 1. The van der Waals surface area contributed by atoms with Gasteiger partial charge in [0.05, 0.1) is 18.5 Å². The first kappa shape index (κ1) is 15.6. The molecule has 0 saturated heterocycles. The molecule has 0 bridgehead atoms. The van der Waals surface area contributed by atoms with Crippen molar-refractivity contribution in [1.82, 2.24) is 14.6 Å². The van der Waals surface area contributed by atoms with Crippen molar-refractivity contribution < 1.29 is 13.2 Å². The minimum atomic E-state index is -3.33. The Kier molecular flexibility index (Phi) is 5.91. The normalized spacial score (nSPS) is 11.5. The Morgan fingerprint density at radius 1 is 1.42 bits per heavy atom. The summed E-state index contributed by atoms with van der Waals surface area (Å²) >= 11 is 0. The molecule has 7 heteroatoms. The maximum atomic E-state index is 11.7. The minimum absolute atomic E-state index is 0.0914. The standard InChI is InChI=1S/C12H19N3O3S/c1-3-12(16)14-8-9-15(19(2,17)18)10-11-6-4-5-7-13-11/h4-7H,3,8-10H2,1-2H3,(H,14,16). The van der Waals surface area contributed by atoms with Gasteiger partial charge in [-0.15, -0.1) is 0 Å². The molecular formula is C12H19N3O3S. The van der Waals surface area contributed by atoms with Crippen molar-refractivity contribution in [3.63, 3.8) is 0 Å². The van der Waals surface area contributed by atoms with Crippen LogP contribution in [-0.4, -0.2) is 43.0 Å². The highest BCUT2D eigenvalue weighted by molar-refractivity contribution is 7.88. The van der Waals surface area contributed by atoms with Crippen LogP contribution in [0.4, 0.5) is 0 Å². The Morgan fingerprint density at radius 3 is 2.68 bits per heavy atom. The quantitative estimate of drug-likeness (QED) is 0.785. The lowest BCUT2D eigenvalue weighted by molar-refractivity contribution is -0.120. The molecular weight excluding hydrogens is 266 g/mol. The van der Waals surface area contributed by atoms with Gasteiger partial charge in [0.25, 0.3) is 0 Å². The molecule has 0 unspecified atom stereocenters. The molecule has 0 fully saturated rings. The molecule has 6 nitrogen and oxygen atoms in total. The van der Waals surface area contributed by atoms with Crippen molar-refractivity contribution in [3.05, 3.63) is 30.1 Å². The highest BCUT2D eigenvalue weighted by Gasteiger charge is 2.17. The van der Waals surface area contributed by atoms with E-state index in [1.165, 1.54) is 4.31 Å². The van der Waals surface area contributed by atoms with Crippen LogP contribution in [0.1, 0.15) is 19.0 Å². The van der Waals surface area contributed by atoms with Gasteiger partial charge in [-0.05, 0) is 12.1 Å². The van der Waals surface area contributed by atoms with E-state index in [0.29, 0.717) is 18.7 Å². The number of rotatable bonds is 7. The summed E-state index contributed by atoms with van der Waals surface area (Å²) in [7, 11) is -3.33.